The number of aryl methyl sites for hydroxylation is 1. The summed E-state index contributed by atoms with van der Waals surface area (Å²) in [4.78, 5) is 21.2. The van der Waals surface area contributed by atoms with E-state index in [1.165, 1.54) is 0 Å². The molecule has 0 aromatic carbocycles. The molecule has 1 amide bonds. The smallest absolute Gasteiger partial charge is 0.227 e. The van der Waals surface area contributed by atoms with Gasteiger partial charge in [-0.2, -0.15) is 0 Å². The van der Waals surface area contributed by atoms with E-state index in [0.717, 1.165) is 44.1 Å². The molecule has 0 bridgehead atoms. The lowest BCUT2D eigenvalue weighted by Gasteiger charge is -2.29. The summed E-state index contributed by atoms with van der Waals surface area (Å²) in [5.74, 6) is 1.38. The molecule has 3 heterocycles. The zero-order valence-corrected chi connectivity index (χ0v) is 11.9. The van der Waals surface area contributed by atoms with Crippen LogP contribution in [-0.2, 0) is 9.53 Å². The first-order chi connectivity index (χ1) is 9.74. The number of carbonyl (C=O) groups excluding carboxylic acids is 1. The Morgan fingerprint density at radius 2 is 2.10 bits per heavy atom. The maximum absolute atomic E-state index is 12.5. The van der Waals surface area contributed by atoms with Gasteiger partial charge in [-0.1, -0.05) is 6.07 Å². The fraction of sp³-hybridized carbons (Fsp3) is 0.600. The Hall–Kier alpha value is -1.62. The van der Waals surface area contributed by atoms with Gasteiger partial charge in [0.05, 0.1) is 19.1 Å². The molecule has 2 saturated heterocycles. The monoisotopic (exact) mass is 275 g/mol. The van der Waals surface area contributed by atoms with Crippen molar-refractivity contribution in [2.45, 2.75) is 13.3 Å². The first-order valence-corrected chi connectivity index (χ1v) is 7.29. The number of rotatable bonds is 2. The minimum absolute atomic E-state index is 0.107. The van der Waals surface area contributed by atoms with E-state index in [4.69, 9.17) is 4.74 Å². The number of nitrogens with zero attached hydrogens (tertiary/aromatic N) is 3. The lowest BCUT2D eigenvalue weighted by molar-refractivity contribution is -0.138. The zero-order chi connectivity index (χ0) is 13.9. The van der Waals surface area contributed by atoms with Crippen LogP contribution >= 0.6 is 0 Å². The second-order valence-corrected chi connectivity index (χ2v) is 5.51. The van der Waals surface area contributed by atoms with Gasteiger partial charge in [-0.15, -0.1) is 0 Å². The summed E-state index contributed by atoms with van der Waals surface area (Å²) in [5.41, 5.74) is 1.02. The minimum Gasteiger partial charge on any atom is -0.378 e. The van der Waals surface area contributed by atoms with Gasteiger partial charge in [-0.3, -0.25) is 4.79 Å². The number of carbonyl (C=O) groups is 1. The zero-order valence-electron chi connectivity index (χ0n) is 11.9. The molecule has 1 aromatic rings. The summed E-state index contributed by atoms with van der Waals surface area (Å²) in [6.07, 6.45) is 0.922. The topological polar surface area (TPSA) is 45.7 Å². The van der Waals surface area contributed by atoms with Crippen LogP contribution in [0.5, 0.6) is 0 Å². The van der Waals surface area contributed by atoms with Crippen molar-refractivity contribution in [1.29, 1.82) is 0 Å². The van der Waals surface area contributed by atoms with Crippen LogP contribution in [0.25, 0.3) is 0 Å². The van der Waals surface area contributed by atoms with Crippen molar-refractivity contribution in [3.63, 3.8) is 0 Å². The SMILES string of the molecule is Cc1cccc(N2CCC(C(=O)N3CCOCC3)C2)n1. The molecule has 1 atom stereocenters. The molecule has 0 radical (unpaired) electrons. The lowest BCUT2D eigenvalue weighted by atomic mass is 10.1. The van der Waals surface area contributed by atoms with E-state index >= 15 is 0 Å². The van der Waals surface area contributed by atoms with E-state index < -0.39 is 0 Å². The molecule has 0 aliphatic carbocycles. The Labute approximate surface area is 119 Å². The van der Waals surface area contributed by atoms with Crippen LogP contribution in [0.15, 0.2) is 18.2 Å². The van der Waals surface area contributed by atoms with E-state index in [1.807, 2.05) is 30.0 Å². The minimum atomic E-state index is 0.107. The third-order valence-corrected chi connectivity index (χ3v) is 4.06. The maximum atomic E-state index is 12.5. The second kappa shape index (κ2) is 5.79. The first kappa shape index (κ1) is 13.4. The number of pyridine rings is 1. The fourth-order valence-electron chi connectivity index (χ4n) is 2.92. The Morgan fingerprint density at radius 3 is 2.85 bits per heavy atom. The number of amides is 1. The highest BCUT2D eigenvalue weighted by Gasteiger charge is 2.32. The highest BCUT2D eigenvalue weighted by atomic mass is 16.5. The molecule has 1 aromatic heterocycles. The molecule has 0 N–H and O–H groups in total. The van der Waals surface area contributed by atoms with Crippen LogP contribution < -0.4 is 4.90 Å². The summed E-state index contributed by atoms with van der Waals surface area (Å²) in [6, 6.07) is 6.04. The van der Waals surface area contributed by atoms with E-state index in [2.05, 4.69) is 9.88 Å². The molecule has 5 nitrogen and oxygen atoms in total. The third-order valence-electron chi connectivity index (χ3n) is 4.06. The largest absolute Gasteiger partial charge is 0.378 e. The van der Waals surface area contributed by atoms with E-state index in [0.29, 0.717) is 13.2 Å². The van der Waals surface area contributed by atoms with Gasteiger partial charge in [0.1, 0.15) is 5.82 Å². The molecule has 2 fully saturated rings. The van der Waals surface area contributed by atoms with Gasteiger partial charge in [-0.05, 0) is 25.5 Å². The maximum Gasteiger partial charge on any atom is 0.227 e. The second-order valence-electron chi connectivity index (χ2n) is 5.51. The molecule has 20 heavy (non-hydrogen) atoms. The van der Waals surface area contributed by atoms with Crippen molar-refractivity contribution in [1.82, 2.24) is 9.88 Å². The highest BCUT2D eigenvalue weighted by molar-refractivity contribution is 5.80. The molecule has 2 aliphatic rings. The Bertz CT molecular complexity index is 486. The van der Waals surface area contributed by atoms with Crippen LogP contribution in [0.4, 0.5) is 5.82 Å². The van der Waals surface area contributed by atoms with Crippen molar-refractivity contribution >= 4 is 11.7 Å². The average molecular weight is 275 g/mol. The summed E-state index contributed by atoms with van der Waals surface area (Å²) >= 11 is 0. The van der Waals surface area contributed by atoms with Crippen LogP contribution in [0, 0.1) is 12.8 Å². The van der Waals surface area contributed by atoms with Crippen LogP contribution in [-0.4, -0.2) is 55.2 Å². The Balaban J connectivity index is 1.63. The summed E-state index contributed by atoms with van der Waals surface area (Å²) < 4.78 is 5.30. The van der Waals surface area contributed by atoms with E-state index in [-0.39, 0.29) is 11.8 Å². The highest BCUT2D eigenvalue weighted by Crippen LogP contribution is 2.24. The Morgan fingerprint density at radius 1 is 1.30 bits per heavy atom. The van der Waals surface area contributed by atoms with Crippen LogP contribution in [0.2, 0.25) is 0 Å². The number of hydrogen-bond donors (Lipinski definition) is 0. The third kappa shape index (κ3) is 2.77. The van der Waals surface area contributed by atoms with Crippen molar-refractivity contribution in [3.05, 3.63) is 23.9 Å². The summed E-state index contributed by atoms with van der Waals surface area (Å²) in [7, 11) is 0. The van der Waals surface area contributed by atoms with Crippen LogP contribution in [0.3, 0.4) is 0 Å². The van der Waals surface area contributed by atoms with Gasteiger partial charge in [0.15, 0.2) is 0 Å². The number of aromatic nitrogens is 1. The van der Waals surface area contributed by atoms with Crippen molar-refractivity contribution in [2.24, 2.45) is 5.92 Å². The van der Waals surface area contributed by atoms with Gasteiger partial charge in [0.25, 0.3) is 0 Å². The fourth-order valence-corrected chi connectivity index (χ4v) is 2.92. The predicted molar refractivity (Wildman–Crippen MR) is 76.7 cm³/mol. The lowest BCUT2D eigenvalue weighted by Crippen LogP contribution is -2.44. The number of morpholine rings is 1. The molecular weight excluding hydrogens is 254 g/mol. The summed E-state index contributed by atoms with van der Waals surface area (Å²) in [5, 5.41) is 0. The molecular formula is C15H21N3O2. The van der Waals surface area contributed by atoms with Crippen molar-refractivity contribution in [3.8, 4) is 0 Å². The number of ether oxygens (including phenoxy) is 1. The number of anilines is 1. The van der Waals surface area contributed by atoms with Gasteiger partial charge >= 0.3 is 0 Å². The van der Waals surface area contributed by atoms with Crippen molar-refractivity contribution in [2.75, 3.05) is 44.3 Å². The van der Waals surface area contributed by atoms with Gasteiger partial charge in [0.2, 0.25) is 5.91 Å². The molecule has 0 saturated carbocycles. The normalized spacial score (nSPS) is 23.1. The van der Waals surface area contributed by atoms with Gasteiger partial charge in [0, 0.05) is 31.9 Å². The molecule has 1 unspecified atom stereocenters. The average Bonchev–Trinajstić information content (AvgIpc) is 2.97. The predicted octanol–water partition coefficient (Wildman–Crippen LogP) is 1.08. The Kier molecular flexibility index (Phi) is 3.87. The molecule has 3 rings (SSSR count). The van der Waals surface area contributed by atoms with E-state index in [1.54, 1.807) is 0 Å². The standard InChI is InChI=1S/C15H21N3O2/c1-12-3-2-4-14(16-12)18-6-5-13(11-18)15(19)17-7-9-20-10-8-17/h2-4,13H,5-11H2,1H3. The van der Waals surface area contributed by atoms with Gasteiger partial charge in [-0.25, -0.2) is 4.98 Å². The van der Waals surface area contributed by atoms with Crippen LogP contribution in [0.1, 0.15) is 12.1 Å². The number of hydrogen-bond acceptors (Lipinski definition) is 4. The van der Waals surface area contributed by atoms with Gasteiger partial charge < -0.3 is 14.5 Å². The molecule has 108 valence electrons. The first-order valence-electron chi connectivity index (χ1n) is 7.29. The van der Waals surface area contributed by atoms with Crippen molar-refractivity contribution < 1.29 is 9.53 Å². The molecule has 2 aliphatic heterocycles. The van der Waals surface area contributed by atoms with E-state index in [9.17, 15) is 4.79 Å². The summed E-state index contributed by atoms with van der Waals surface area (Å²) in [6.45, 7) is 6.50. The quantitative estimate of drug-likeness (QED) is 0.810. The molecule has 5 heteroatoms. The molecule has 0 spiro atoms.